The maximum atomic E-state index is 12.7. The highest BCUT2D eigenvalue weighted by atomic mass is 16.3. The molecule has 0 spiro atoms. The van der Waals surface area contributed by atoms with Crippen LogP contribution in [0.3, 0.4) is 0 Å². The van der Waals surface area contributed by atoms with Crippen LogP contribution in [0, 0.1) is 0 Å². The van der Waals surface area contributed by atoms with Gasteiger partial charge in [-0.05, 0) is 50.8 Å². The van der Waals surface area contributed by atoms with Crippen molar-refractivity contribution in [2.45, 2.75) is 52.4 Å². The third-order valence-electron chi connectivity index (χ3n) is 4.66. The Morgan fingerprint density at radius 2 is 1.93 bits per heavy atom. The molecule has 1 aromatic carbocycles. The summed E-state index contributed by atoms with van der Waals surface area (Å²) in [5.74, 6) is 0.636. The third kappa shape index (κ3) is 4.56. The summed E-state index contributed by atoms with van der Waals surface area (Å²) in [6.07, 6.45) is 5.53. The Kier molecular flexibility index (Phi) is 5.94. The van der Waals surface area contributed by atoms with E-state index in [0.29, 0.717) is 23.1 Å². The van der Waals surface area contributed by atoms with Gasteiger partial charge in [0.25, 0.3) is 5.91 Å². The van der Waals surface area contributed by atoms with Gasteiger partial charge in [0.2, 0.25) is 0 Å². The van der Waals surface area contributed by atoms with Gasteiger partial charge in [-0.1, -0.05) is 13.8 Å². The lowest BCUT2D eigenvalue weighted by molar-refractivity contribution is 0.100. The lowest BCUT2D eigenvalue weighted by Crippen LogP contribution is -2.27. The molecular formula is C21H27N3O3. The Hall–Kier alpha value is -2.63. The number of nitrogens with one attached hydrogen (secondary N) is 1. The van der Waals surface area contributed by atoms with Crippen molar-refractivity contribution in [2.24, 2.45) is 0 Å². The van der Waals surface area contributed by atoms with Crippen molar-refractivity contribution in [3.8, 4) is 0 Å². The van der Waals surface area contributed by atoms with E-state index in [1.807, 2.05) is 12.1 Å². The summed E-state index contributed by atoms with van der Waals surface area (Å²) in [5, 5.41) is 2.94. The van der Waals surface area contributed by atoms with Crippen molar-refractivity contribution in [3.05, 3.63) is 41.6 Å². The third-order valence-corrected chi connectivity index (χ3v) is 4.66. The van der Waals surface area contributed by atoms with Crippen LogP contribution in [-0.4, -0.2) is 29.8 Å². The molecule has 0 radical (unpaired) electrons. The Morgan fingerprint density at radius 3 is 2.52 bits per heavy atom. The van der Waals surface area contributed by atoms with Crippen LogP contribution in [0.15, 0.2) is 28.9 Å². The zero-order chi connectivity index (χ0) is 19.4. The fraction of sp³-hybridized carbons (Fsp3) is 0.476. The molecule has 0 saturated heterocycles. The highest BCUT2D eigenvalue weighted by Gasteiger charge is 2.29. The first kappa shape index (κ1) is 19.1. The Labute approximate surface area is 160 Å². The molecule has 144 valence electrons. The lowest BCUT2D eigenvalue weighted by atomic mass is 10.1. The van der Waals surface area contributed by atoms with Gasteiger partial charge in [0, 0.05) is 24.6 Å². The molecule has 1 aliphatic rings. The highest BCUT2D eigenvalue weighted by molar-refractivity contribution is 6.06. The van der Waals surface area contributed by atoms with Crippen LogP contribution in [0.5, 0.6) is 0 Å². The number of hydrogen-bond donors (Lipinski definition) is 1. The van der Waals surface area contributed by atoms with Crippen molar-refractivity contribution in [1.82, 2.24) is 4.98 Å². The summed E-state index contributed by atoms with van der Waals surface area (Å²) >= 11 is 0. The summed E-state index contributed by atoms with van der Waals surface area (Å²) in [6.45, 7) is 7.53. The second-order valence-corrected chi connectivity index (χ2v) is 7.07. The fourth-order valence-electron chi connectivity index (χ4n) is 3.12. The van der Waals surface area contributed by atoms with Crippen molar-refractivity contribution in [1.29, 1.82) is 0 Å². The number of rotatable bonds is 9. The molecule has 1 amide bonds. The number of nitrogens with zero attached hydrogens (tertiary/aromatic N) is 2. The standard InChI is InChI=1S/C21H27N3O3/c1-4-10-24(11-5-2)19-9-8-16(14(3)25)12-17(19)22-20(26)18-13-27-21(23-18)15-6-7-15/h8-9,12-13,15H,4-7,10-11H2,1-3H3,(H,22,26). The predicted octanol–water partition coefficient (Wildman–Crippen LogP) is 4.63. The first-order valence-corrected chi connectivity index (χ1v) is 9.70. The first-order chi connectivity index (χ1) is 13.0. The maximum Gasteiger partial charge on any atom is 0.277 e. The number of hydrogen-bond acceptors (Lipinski definition) is 5. The molecule has 27 heavy (non-hydrogen) atoms. The van der Waals surface area contributed by atoms with Gasteiger partial charge in [-0.3, -0.25) is 9.59 Å². The van der Waals surface area contributed by atoms with Crippen LogP contribution in [0.4, 0.5) is 11.4 Å². The van der Waals surface area contributed by atoms with Crippen LogP contribution in [0.2, 0.25) is 0 Å². The van der Waals surface area contributed by atoms with Gasteiger partial charge in [0.15, 0.2) is 17.4 Å². The van der Waals surface area contributed by atoms with Gasteiger partial charge in [-0.25, -0.2) is 4.98 Å². The number of Topliss-reactive ketones (excluding diaryl/α,β-unsaturated/α-hetero) is 1. The zero-order valence-corrected chi connectivity index (χ0v) is 16.2. The van der Waals surface area contributed by atoms with E-state index in [2.05, 4.69) is 29.0 Å². The van der Waals surface area contributed by atoms with Gasteiger partial charge in [-0.15, -0.1) is 0 Å². The maximum absolute atomic E-state index is 12.7. The minimum atomic E-state index is -0.319. The van der Waals surface area contributed by atoms with E-state index in [9.17, 15) is 9.59 Å². The number of aromatic nitrogens is 1. The molecule has 6 nitrogen and oxygen atoms in total. The molecule has 1 heterocycles. The Bertz CT molecular complexity index is 818. The molecule has 1 fully saturated rings. The number of anilines is 2. The normalized spacial score (nSPS) is 13.4. The lowest BCUT2D eigenvalue weighted by Gasteiger charge is -2.26. The second kappa shape index (κ2) is 8.37. The summed E-state index contributed by atoms with van der Waals surface area (Å²) in [7, 11) is 0. The number of carbonyl (C=O) groups excluding carboxylic acids is 2. The van der Waals surface area contributed by atoms with E-state index in [0.717, 1.165) is 44.5 Å². The summed E-state index contributed by atoms with van der Waals surface area (Å²) < 4.78 is 5.43. The molecular weight excluding hydrogens is 342 g/mol. The van der Waals surface area contributed by atoms with E-state index in [1.165, 1.54) is 13.2 Å². The largest absolute Gasteiger partial charge is 0.448 e. The van der Waals surface area contributed by atoms with Crippen LogP contribution in [0.1, 0.15) is 79.1 Å². The monoisotopic (exact) mass is 369 g/mol. The molecule has 1 aliphatic carbocycles. The van der Waals surface area contributed by atoms with Crippen molar-refractivity contribution < 1.29 is 14.0 Å². The molecule has 6 heteroatoms. The van der Waals surface area contributed by atoms with E-state index in [-0.39, 0.29) is 17.4 Å². The van der Waals surface area contributed by atoms with Gasteiger partial charge in [0.05, 0.1) is 11.4 Å². The van der Waals surface area contributed by atoms with E-state index in [1.54, 1.807) is 6.07 Å². The average Bonchev–Trinajstić information content (AvgIpc) is 3.38. The molecule has 2 aromatic rings. The van der Waals surface area contributed by atoms with Gasteiger partial charge in [0.1, 0.15) is 6.26 Å². The highest BCUT2D eigenvalue weighted by Crippen LogP contribution is 2.39. The molecule has 0 atom stereocenters. The summed E-state index contributed by atoms with van der Waals surface area (Å²) in [4.78, 5) is 31.1. The van der Waals surface area contributed by atoms with Crippen LogP contribution in [-0.2, 0) is 0 Å². The Balaban J connectivity index is 1.88. The molecule has 3 rings (SSSR count). The summed E-state index contributed by atoms with van der Waals surface area (Å²) in [6, 6.07) is 5.47. The number of ketones is 1. The van der Waals surface area contributed by atoms with E-state index < -0.39 is 0 Å². The van der Waals surface area contributed by atoms with Crippen LogP contribution < -0.4 is 10.2 Å². The predicted molar refractivity (Wildman–Crippen MR) is 106 cm³/mol. The van der Waals surface area contributed by atoms with Crippen LogP contribution in [0.25, 0.3) is 0 Å². The van der Waals surface area contributed by atoms with Crippen molar-refractivity contribution in [3.63, 3.8) is 0 Å². The fourth-order valence-corrected chi connectivity index (χ4v) is 3.12. The van der Waals surface area contributed by atoms with Gasteiger partial charge in [-0.2, -0.15) is 0 Å². The van der Waals surface area contributed by atoms with E-state index in [4.69, 9.17) is 4.42 Å². The smallest absolute Gasteiger partial charge is 0.277 e. The molecule has 0 bridgehead atoms. The molecule has 1 aromatic heterocycles. The second-order valence-electron chi connectivity index (χ2n) is 7.07. The van der Waals surface area contributed by atoms with Gasteiger partial charge >= 0.3 is 0 Å². The van der Waals surface area contributed by atoms with Crippen LogP contribution >= 0.6 is 0 Å². The quantitative estimate of drug-likeness (QED) is 0.652. The molecule has 0 aliphatic heterocycles. The Morgan fingerprint density at radius 1 is 1.22 bits per heavy atom. The van der Waals surface area contributed by atoms with E-state index >= 15 is 0 Å². The SMILES string of the molecule is CCCN(CCC)c1ccc(C(C)=O)cc1NC(=O)c1coc(C2CC2)n1. The number of carbonyl (C=O) groups is 2. The minimum absolute atomic E-state index is 0.0352. The molecule has 1 saturated carbocycles. The number of amides is 1. The average molecular weight is 369 g/mol. The van der Waals surface area contributed by atoms with Crippen molar-refractivity contribution >= 4 is 23.1 Å². The minimum Gasteiger partial charge on any atom is -0.448 e. The zero-order valence-electron chi connectivity index (χ0n) is 16.2. The van der Waals surface area contributed by atoms with Gasteiger partial charge < -0.3 is 14.6 Å². The number of oxazole rings is 1. The molecule has 1 N–H and O–H groups in total. The topological polar surface area (TPSA) is 75.4 Å². The molecule has 0 unspecified atom stereocenters. The summed E-state index contributed by atoms with van der Waals surface area (Å²) in [5.41, 5.74) is 2.39. The number of benzene rings is 1. The van der Waals surface area contributed by atoms with Crippen molar-refractivity contribution in [2.75, 3.05) is 23.3 Å². The first-order valence-electron chi connectivity index (χ1n) is 9.70.